The molecular weight excluding hydrogens is 298 g/mol. The van der Waals surface area contributed by atoms with Crippen LogP contribution in [-0.4, -0.2) is 25.7 Å². The highest BCUT2D eigenvalue weighted by Gasteiger charge is 2.11. The van der Waals surface area contributed by atoms with Gasteiger partial charge in [-0.05, 0) is 24.1 Å². The number of anilines is 2. The van der Waals surface area contributed by atoms with Gasteiger partial charge in [-0.3, -0.25) is 4.72 Å². The molecule has 1 heterocycles. The van der Waals surface area contributed by atoms with Gasteiger partial charge in [-0.25, -0.2) is 13.4 Å². The molecule has 22 heavy (non-hydrogen) atoms. The van der Waals surface area contributed by atoms with E-state index >= 15 is 0 Å². The first-order valence-corrected chi connectivity index (χ1v) is 8.59. The van der Waals surface area contributed by atoms with Crippen LogP contribution in [0.25, 0.3) is 0 Å². The van der Waals surface area contributed by atoms with E-state index in [-0.39, 0.29) is 5.75 Å². The fraction of sp³-hybridized carbons (Fsp3) is 0.188. The van der Waals surface area contributed by atoms with Crippen molar-refractivity contribution in [3.05, 3.63) is 66.9 Å². The Morgan fingerprint density at radius 1 is 1.14 bits per heavy atom. The minimum Gasteiger partial charge on any atom is -0.380 e. The van der Waals surface area contributed by atoms with Crippen LogP contribution >= 0.6 is 0 Å². The summed E-state index contributed by atoms with van der Waals surface area (Å²) in [6.07, 6.45) is 3.79. The van der Waals surface area contributed by atoms with E-state index in [4.69, 9.17) is 0 Å². The molecule has 0 radical (unpaired) electrons. The molecule has 0 unspecified atom stereocenters. The van der Waals surface area contributed by atoms with Gasteiger partial charge in [0.05, 0.1) is 17.6 Å². The van der Waals surface area contributed by atoms with Crippen molar-refractivity contribution in [3.8, 4) is 0 Å². The first-order valence-electron chi connectivity index (χ1n) is 6.94. The Morgan fingerprint density at radius 2 is 1.91 bits per heavy atom. The first-order chi connectivity index (χ1) is 10.6. The first kappa shape index (κ1) is 16.0. The molecular formula is C16H19N3O2S. The average Bonchev–Trinajstić information content (AvgIpc) is 2.53. The predicted octanol–water partition coefficient (Wildman–Crippen LogP) is 2.66. The number of pyridine rings is 1. The Morgan fingerprint density at radius 3 is 2.55 bits per heavy atom. The molecule has 0 amide bonds. The number of hydrogen-bond acceptors (Lipinski definition) is 4. The van der Waals surface area contributed by atoms with Gasteiger partial charge in [0.25, 0.3) is 0 Å². The van der Waals surface area contributed by atoms with E-state index in [9.17, 15) is 8.42 Å². The van der Waals surface area contributed by atoms with Gasteiger partial charge in [0.15, 0.2) is 0 Å². The summed E-state index contributed by atoms with van der Waals surface area (Å²) in [5.74, 6) is 0.340. The number of nitrogens with zero attached hydrogens (tertiary/aromatic N) is 1. The molecule has 0 bridgehead atoms. The highest BCUT2D eigenvalue weighted by atomic mass is 32.2. The van der Waals surface area contributed by atoms with Crippen LogP contribution in [0.2, 0.25) is 0 Å². The van der Waals surface area contributed by atoms with Crippen LogP contribution in [0.5, 0.6) is 0 Å². The lowest BCUT2D eigenvalue weighted by atomic mass is 10.2. The van der Waals surface area contributed by atoms with Crippen LogP contribution in [0.4, 0.5) is 11.5 Å². The van der Waals surface area contributed by atoms with Crippen LogP contribution < -0.4 is 10.0 Å². The lowest BCUT2D eigenvalue weighted by Crippen LogP contribution is -2.18. The maximum absolute atomic E-state index is 12.1. The minimum absolute atomic E-state index is 0.0230. The van der Waals surface area contributed by atoms with Gasteiger partial charge in [-0.15, -0.1) is 6.58 Å². The van der Waals surface area contributed by atoms with Gasteiger partial charge in [-0.2, -0.15) is 0 Å². The summed E-state index contributed by atoms with van der Waals surface area (Å²) < 4.78 is 26.6. The van der Waals surface area contributed by atoms with E-state index in [0.29, 0.717) is 18.8 Å². The van der Waals surface area contributed by atoms with Crippen molar-refractivity contribution in [1.82, 2.24) is 4.98 Å². The second kappa shape index (κ2) is 7.61. The SMILES string of the molecule is C=CCNc1ccc(NS(=O)(=O)CCc2ccccc2)nc1. The Balaban J connectivity index is 1.92. The molecule has 0 spiro atoms. The van der Waals surface area contributed by atoms with Crippen LogP contribution in [-0.2, 0) is 16.4 Å². The van der Waals surface area contributed by atoms with Gasteiger partial charge < -0.3 is 5.32 Å². The predicted molar refractivity (Wildman–Crippen MR) is 90.5 cm³/mol. The van der Waals surface area contributed by atoms with Crippen LogP contribution in [0.3, 0.4) is 0 Å². The Hall–Kier alpha value is -2.34. The molecule has 0 aliphatic heterocycles. The standard InChI is InChI=1S/C16H19N3O2S/c1-2-11-17-15-8-9-16(18-13-15)19-22(20,21)12-10-14-6-4-3-5-7-14/h2-9,13,17H,1,10-12H2,(H,18,19). The van der Waals surface area contributed by atoms with Crippen molar-refractivity contribution in [3.63, 3.8) is 0 Å². The molecule has 2 aromatic rings. The van der Waals surface area contributed by atoms with E-state index in [2.05, 4.69) is 21.6 Å². The number of benzene rings is 1. The smallest absolute Gasteiger partial charge is 0.234 e. The summed E-state index contributed by atoms with van der Waals surface area (Å²) >= 11 is 0. The highest BCUT2D eigenvalue weighted by Crippen LogP contribution is 2.11. The molecule has 5 nitrogen and oxygen atoms in total. The number of nitrogens with one attached hydrogen (secondary N) is 2. The van der Waals surface area contributed by atoms with E-state index < -0.39 is 10.0 Å². The summed E-state index contributed by atoms with van der Waals surface area (Å²) in [5, 5.41) is 3.07. The zero-order chi connectivity index (χ0) is 15.8. The highest BCUT2D eigenvalue weighted by molar-refractivity contribution is 7.92. The monoisotopic (exact) mass is 317 g/mol. The van der Waals surface area contributed by atoms with Crippen molar-refractivity contribution >= 4 is 21.5 Å². The largest absolute Gasteiger partial charge is 0.380 e. The molecule has 1 aromatic heterocycles. The molecule has 2 N–H and O–H groups in total. The summed E-state index contributed by atoms with van der Waals surface area (Å²) in [4.78, 5) is 4.08. The number of rotatable bonds is 8. The minimum atomic E-state index is -3.41. The Bertz CT molecular complexity index is 698. The average molecular weight is 317 g/mol. The normalized spacial score (nSPS) is 10.9. The second-order valence-electron chi connectivity index (χ2n) is 4.76. The Kier molecular flexibility index (Phi) is 5.55. The number of aryl methyl sites for hydroxylation is 1. The molecule has 0 aliphatic rings. The fourth-order valence-electron chi connectivity index (χ4n) is 1.86. The van der Waals surface area contributed by atoms with Crippen molar-refractivity contribution in [2.45, 2.75) is 6.42 Å². The summed E-state index contributed by atoms with van der Waals surface area (Å²) in [6.45, 7) is 4.24. The molecule has 6 heteroatoms. The van der Waals surface area contributed by atoms with Gasteiger partial charge >= 0.3 is 0 Å². The maximum Gasteiger partial charge on any atom is 0.234 e. The van der Waals surface area contributed by atoms with Crippen molar-refractivity contribution in [1.29, 1.82) is 0 Å². The molecule has 0 fully saturated rings. The molecule has 2 rings (SSSR count). The van der Waals surface area contributed by atoms with Gasteiger partial charge in [0.2, 0.25) is 10.0 Å². The number of hydrogen-bond donors (Lipinski definition) is 2. The lowest BCUT2D eigenvalue weighted by molar-refractivity contribution is 0.600. The third kappa shape index (κ3) is 5.21. The van der Waals surface area contributed by atoms with Crippen molar-refractivity contribution in [2.75, 3.05) is 22.3 Å². The summed E-state index contributed by atoms with van der Waals surface area (Å²) in [6, 6.07) is 12.9. The third-order valence-corrected chi connectivity index (χ3v) is 4.24. The number of aromatic nitrogens is 1. The summed E-state index contributed by atoms with van der Waals surface area (Å²) in [5.41, 5.74) is 1.80. The quantitative estimate of drug-likeness (QED) is 0.734. The zero-order valence-corrected chi connectivity index (χ0v) is 13.0. The third-order valence-electron chi connectivity index (χ3n) is 2.98. The van der Waals surface area contributed by atoms with E-state index in [1.165, 1.54) is 0 Å². The topological polar surface area (TPSA) is 71.1 Å². The van der Waals surface area contributed by atoms with E-state index in [1.807, 2.05) is 30.3 Å². The Labute approximate surface area is 131 Å². The molecule has 0 atom stereocenters. The summed E-state index contributed by atoms with van der Waals surface area (Å²) in [7, 11) is -3.41. The van der Waals surface area contributed by atoms with E-state index in [1.54, 1.807) is 24.4 Å². The molecule has 0 saturated heterocycles. The lowest BCUT2D eigenvalue weighted by Gasteiger charge is -2.08. The fourth-order valence-corrected chi connectivity index (χ4v) is 2.90. The van der Waals surface area contributed by atoms with Gasteiger partial charge in [-0.1, -0.05) is 36.4 Å². The molecule has 0 aliphatic carbocycles. The van der Waals surface area contributed by atoms with Crippen LogP contribution in [0.15, 0.2) is 61.3 Å². The van der Waals surface area contributed by atoms with Crippen molar-refractivity contribution < 1.29 is 8.42 Å². The second-order valence-corrected chi connectivity index (χ2v) is 6.60. The maximum atomic E-state index is 12.1. The molecule has 116 valence electrons. The number of sulfonamides is 1. The zero-order valence-electron chi connectivity index (χ0n) is 12.2. The van der Waals surface area contributed by atoms with Crippen LogP contribution in [0, 0.1) is 0 Å². The van der Waals surface area contributed by atoms with E-state index in [0.717, 1.165) is 11.3 Å². The van der Waals surface area contributed by atoms with Gasteiger partial charge in [0.1, 0.15) is 5.82 Å². The molecule has 0 saturated carbocycles. The molecule has 1 aromatic carbocycles. The van der Waals surface area contributed by atoms with Crippen LogP contribution in [0.1, 0.15) is 5.56 Å². The van der Waals surface area contributed by atoms with Gasteiger partial charge in [0, 0.05) is 6.54 Å². The van der Waals surface area contributed by atoms with Crippen molar-refractivity contribution in [2.24, 2.45) is 0 Å².